The number of carbonyl (C=O) groups is 1. The monoisotopic (exact) mass is 595 g/mol. The zero-order valence-corrected chi connectivity index (χ0v) is 25.5. The van der Waals surface area contributed by atoms with Gasteiger partial charge in [-0.15, -0.1) is 0 Å². The van der Waals surface area contributed by atoms with Gasteiger partial charge < -0.3 is 19.4 Å². The Hall–Kier alpha value is -3.05. The molecule has 7 rings (SSSR count). The maximum Gasteiger partial charge on any atom is 0.280 e. The Morgan fingerprint density at radius 2 is 1.93 bits per heavy atom. The number of nitrogens with zero attached hydrogens (tertiary/aromatic N) is 7. The van der Waals surface area contributed by atoms with Gasteiger partial charge in [0.05, 0.1) is 24.5 Å². The van der Waals surface area contributed by atoms with Crippen LogP contribution >= 0.6 is 0 Å². The average Bonchev–Trinajstić information content (AvgIpc) is 3.34. The molecule has 43 heavy (non-hydrogen) atoms. The first-order valence-corrected chi connectivity index (χ1v) is 15.9. The largest absolute Gasteiger partial charge is 0.366 e. The Labute approximate surface area is 252 Å². The Bertz CT molecular complexity index is 1410. The molecular weight excluding hydrogens is 552 g/mol. The van der Waals surface area contributed by atoms with E-state index >= 15 is 0 Å². The van der Waals surface area contributed by atoms with E-state index in [9.17, 15) is 13.6 Å². The molecule has 2 aromatic heterocycles. The van der Waals surface area contributed by atoms with E-state index in [2.05, 4.69) is 62.9 Å². The molecule has 0 bridgehead atoms. The summed E-state index contributed by atoms with van der Waals surface area (Å²) in [7, 11) is 0. The fraction of sp³-hybridized carbons (Fsp3) is 0.656. The van der Waals surface area contributed by atoms with E-state index in [1.54, 1.807) is 0 Å². The second-order valence-electron chi connectivity index (χ2n) is 13.2. The number of ether oxygens (including phenoxy) is 1. The number of hydrogen-bond acceptors (Lipinski definition) is 7. The molecule has 0 aromatic carbocycles. The summed E-state index contributed by atoms with van der Waals surface area (Å²) < 4.78 is 37.9. The molecule has 2 aromatic rings. The number of fused-ring (bicyclic) bond motifs is 5. The third-order valence-electron chi connectivity index (χ3n) is 10.7. The van der Waals surface area contributed by atoms with Gasteiger partial charge in [0.25, 0.3) is 6.43 Å². The van der Waals surface area contributed by atoms with Crippen LogP contribution in [-0.2, 0) is 21.6 Å². The van der Waals surface area contributed by atoms with Crippen LogP contribution in [0, 0.1) is 6.92 Å². The molecule has 3 fully saturated rings. The number of piperazine rings is 1. The minimum Gasteiger partial charge on any atom is -0.366 e. The second kappa shape index (κ2) is 10.8. The Kier molecular flexibility index (Phi) is 7.23. The lowest BCUT2D eigenvalue weighted by Gasteiger charge is -2.55. The van der Waals surface area contributed by atoms with Crippen LogP contribution in [0.15, 0.2) is 24.9 Å². The zero-order valence-electron chi connectivity index (χ0n) is 25.5. The summed E-state index contributed by atoms with van der Waals surface area (Å²) in [5, 5.41) is 4.65. The summed E-state index contributed by atoms with van der Waals surface area (Å²) in [6, 6.07) is 2.98. The smallest absolute Gasteiger partial charge is 0.280 e. The Balaban J connectivity index is 1.14. The van der Waals surface area contributed by atoms with Gasteiger partial charge in [0.2, 0.25) is 5.91 Å². The van der Waals surface area contributed by atoms with Gasteiger partial charge in [-0.1, -0.05) is 6.58 Å². The maximum atomic E-state index is 14.6. The van der Waals surface area contributed by atoms with Gasteiger partial charge in [-0.05, 0) is 58.1 Å². The number of halogens is 2. The number of rotatable bonds is 4. The molecule has 5 aliphatic rings. The molecule has 0 radical (unpaired) electrons. The van der Waals surface area contributed by atoms with Crippen molar-refractivity contribution < 1.29 is 18.3 Å². The van der Waals surface area contributed by atoms with Crippen molar-refractivity contribution in [2.24, 2.45) is 0 Å². The lowest BCUT2D eigenvalue weighted by atomic mass is 9.81. The number of piperidine rings is 1. The normalized spacial score (nSPS) is 30.9. The molecule has 1 amide bonds. The van der Waals surface area contributed by atoms with E-state index in [4.69, 9.17) is 4.74 Å². The van der Waals surface area contributed by atoms with Crippen LogP contribution < -0.4 is 9.80 Å². The number of carbonyl (C=O) groups excluding carboxylic acids is 1. The molecule has 1 spiro atoms. The summed E-state index contributed by atoms with van der Waals surface area (Å²) in [6.45, 7) is 15.2. The standard InChI is InChI=1S/C32H43F2N7O2/c1-5-28(42)38-13-11-37(12-14-38)26-18-40-24(26)8-6-7-23-25(40)15-27(36-29(23)31(33)34)39-10-9-32(16-21(39)3)30-20(2)17-35-41(30)22(4)19-43-32/h5,15,17,21-22,24,26,31H,1,6-14,16,18-19H2,2-4H3. The van der Waals surface area contributed by atoms with Gasteiger partial charge >= 0.3 is 0 Å². The highest BCUT2D eigenvalue weighted by molar-refractivity contribution is 5.87. The number of hydrogen-bond donors (Lipinski definition) is 0. The fourth-order valence-corrected chi connectivity index (χ4v) is 8.47. The summed E-state index contributed by atoms with van der Waals surface area (Å²) in [6.07, 6.45) is 4.66. The molecule has 5 aliphatic heterocycles. The van der Waals surface area contributed by atoms with Gasteiger partial charge in [0.1, 0.15) is 17.1 Å². The van der Waals surface area contributed by atoms with Crippen molar-refractivity contribution in [2.45, 2.75) is 89.1 Å². The summed E-state index contributed by atoms with van der Waals surface area (Å²) in [5.74, 6) is 0.632. The minimum absolute atomic E-state index is 0.0129. The Morgan fingerprint density at radius 3 is 2.65 bits per heavy atom. The van der Waals surface area contributed by atoms with E-state index in [1.165, 1.54) is 6.08 Å². The van der Waals surface area contributed by atoms with Crippen LogP contribution in [-0.4, -0.2) is 94.5 Å². The first-order valence-electron chi connectivity index (χ1n) is 15.9. The lowest BCUT2D eigenvalue weighted by Crippen LogP contribution is -2.69. The summed E-state index contributed by atoms with van der Waals surface area (Å²) in [4.78, 5) is 25.6. The molecule has 0 saturated carbocycles. The number of anilines is 2. The van der Waals surface area contributed by atoms with E-state index in [0.29, 0.717) is 50.1 Å². The van der Waals surface area contributed by atoms with Crippen molar-refractivity contribution >= 4 is 17.4 Å². The summed E-state index contributed by atoms with van der Waals surface area (Å²) >= 11 is 0. The molecule has 11 heteroatoms. The van der Waals surface area contributed by atoms with E-state index < -0.39 is 12.0 Å². The number of aromatic nitrogens is 3. The molecule has 0 aliphatic carbocycles. The molecule has 232 valence electrons. The van der Waals surface area contributed by atoms with E-state index in [0.717, 1.165) is 62.3 Å². The third-order valence-corrected chi connectivity index (χ3v) is 10.7. The Morgan fingerprint density at radius 1 is 1.14 bits per heavy atom. The van der Waals surface area contributed by atoms with Gasteiger partial charge in [-0.2, -0.15) is 5.10 Å². The topological polar surface area (TPSA) is 70.0 Å². The molecular formula is C32H43F2N7O2. The minimum atomic E-state index is -2.62. The predicted octanol–water partition coefficient (Wildman–Crippen LogP) is 4.22. The SMILES string of the molecule is C=CC(=O)N1CCN(C2CN3c4cc(N5CCC6(CC5C)OCC(C)n5ncc(C)c56)nc(C(F)F)c4CCCC23)CC1. The van der Waals surface area contributed by atoms with Gasteiger partial charge in [-0.3, -0.25) is 14.4 Å². The first kappa shape index (κ1) is 28.7. The number of alkyl halides is 2. The quantitative estimate of drug-likeness (QED) is 0.491. The number of amides is 1. The van der Waals surface area contributed by atoms with Gasteiger partial charge in [0, 0.05) is 81.1 Å². The highest BCUT2D eigenvalue weighted by Crippen LogP contribution is 2.47. The number of aryl methyl sites for hydroxylation is 1. The van der Waals surface area contributed by atoms with Crippen molar-refractivity contribution in [1.82, 2.24) is 24.6 Å². The van der Waals surface area contributed by atoms with Gasteiger partial charge in [-0.25, -0.2) is 13.8 Å². The molecule has 3 saturated heterocycles. The molecule has 9 nitrogen and oxygen atoms in total. The first-order chi connectivity index (χ1) is 20.7. The van der Waals surface area contributed by atoms with Crippen molar-refractivity contribution in [1.29, 1.82) is 0 Å². The number of pyridine rings is 1. The lowest BCUT2D eigenvalue weighted by molar-refractivity contribution is -0.128. The fourth-order valence-electron chi connectivity index (χ4n) is 8.47. The van der Waals surface area contributed by atoms with Crippen molar-refractivity contribution in [3.63, 3.8) is 0 Å². The van der Waals surface area contributed by atoms with Crippen LogP contribution in [0.5, 0.6) is 0 Å². The van der Waals surface area contributed by atoms with Crippen molar-refractivity contribution in [3.8, 4) is 0 Å². The second-order valence-corrected chi connectivity index (χ2v) is 13.2. The molecule has 5 unspecified atom stereocenters. The zero-order chi connectivity index (χ0) is 30.0. The van der Waals surface area contributed by atoms with Crippen LogP contribution in [0.25, 0.3) is 0 Å². The van der Waals surface area contributed by atoms with E-state index in [-0.39, 0.29) is 29.7 Å². The van der Waals surface area contributed by atoms with Crippen LogP contribution in [0.1, 0.15) is 74.5 Å². The van der Waals surface area contributed by atoms with Gasteiger partial charge in [0.15, 0.2) is 0 Å². The predicted molar refractivity (Wildman–Crippen MR) is 161 cm³/mol. The van der Waals surface area contributed by atoms with E-state index in [1.807, 2.05) is 11.1 Å². The van der Waals surface area contributed by atoms with Crippen molar-refractivity contribution in [2.75, 3.05) is 55.7 Å². The third kappa shape index (κ3) is 4.65. The highest BCUT2D eigenvalue weighted by Gasteiger charge is 2.49. The molecule has 7 heterocycles. The van der Waals surface area contributed by atoms with Crippen LogP contribution in [0.2, 0.25) is 0 Å². The summed E-state index contributed by atoms with van der Waals surface area (Å²) in [5.41, 5.74) is 3.47. The van der Waals surface area contributed by atoms with Crippen molar-refractivity contribution in [3.05, 3.63) is 47.4 Å². The van der Waals surface area contributed by atoms with Crippen LogP contribution in [0.3, 0.4) is 0 Å². The average molecular weight is 596 g/mol. The molecule has 0 N–H and O–H groups in total. The maximum absolute atomic E-state index is 14.6. The van der Waals surface area contributed by atoms with Crippen LogP contribution in [0.4, 0.5) is 20.3 Å². The highest BCUT2D eigenvalue weighted by atomic mass is 19.3. The molecule has 5 atom stereocenters.